The Morgan fingerprint density at radius 3 is 2.42 bits per heavy atom. The normalized spacial score (nSPS) is 14.4. The van der Waals surface area contributed by atoms with Crippen LogP contribution in [0.5, 0.6) is 0 Å². The molecular formula is C14H21ClN2O2. The maximum absolute atomic E-state index is 11.5. The van der Waals surface area contributed by atoms with Crippen molar-refractivity contribution in [3.63, 3.8) is 0 Å². The van der Waals surface area contributed by atoms with E-state index in [1.165, 1.54) is 0 Å². The first-order chi connectivity index (χ1) is 8.83. The Labute approximate surface area is 119 Å². The molecule has 0 radical (unpaired) electrons. The molecule has 0 fully saturated rings. The Hall–Kier alpha value is -1.10. The van der Waals surface area contributed by atoms with Gasteiger partial charge in [-0.3, -0.25) is 4.79 Å². The number of carbonyl (C=O) groups is 1. The third kappa shape index (κ3) is 5.19. The van der Waals surface area contributed by atoms with Crippen molar-refractivity contribution in [3.05, 3.63) is 34.9 Å². The molecule has 0 bridgehead atoms. The average molecular weight is 285 g/mol. The smallest absolute Gasteiger partial charge is 0.323 e. The molecule has 0 spiro atoms. The molecule has 0 aliphatic heterocycles. The molecule has 1 aromatic rings. The second-order valence-electron chi connectivity index (χ2n) is 5.17. The molecule has 0 saturated heterocycles. The standard InChI is InChI=1S/C14H21ClN2O2/c1-14(13(18)19,16-8-9-17(2)3)10-11-4-6-12(15)7-5-11/h4-7,16H,8-10H2,1-3H3,(H,18,19). The van der Waals surface area contributed by atoms with Crippen molar-refractivity contribution >= 4 is 17.6 Å². The lowest BCUT2D eigenvalue weighted by molar-refractivity contribution is -0.144. The van der Waals surface area contributed by atoms with E-state index >= 15 is 0 Å². The molecule has 1 rings (SSSR count). The maximum atomic E-state index is 11.5. The van der Waals surface area contributed by atoms with Crippen molar-refractivity contribution in [1.82, 2.24) is 10.2 Å². The van der Waals surface area contributed by atoms with E-state index in [1.807, 2.05) is 31.1 Å². The largest absolute Gasteiger partial charge is 0.480 e. The minimum Gasteiger partial charge on any atom is -0.480 e. The predicted molar refractivity (Wildman–Crippen MR) is 77.8 cm³/mol. The van der Waals surface area contributed by atoms with Gasteiger partial charge in [-0.05, 0) is 38.7 Å². The third-order valence-corrected chi connectivity index (χ3v) is 3.27. The first-order valence-corrected chi connectivity index (χ1v) is 6.59. The topological polar surface area (TPSA) is 52.6 Å². The molecule has 0 aliphatic carbocycles. The Bertz CT molecular complexity index is 420. The second kappa shape index (κ2) is 6.89. The molecule has 2 N–H and O–H groups in total. The van der Waals surface area contributed by atoms with Crippen LogP contribution in [0.1, 0.15) is 12.5 Å². The van der Waals surface area contributed by atoms with E-state index in [9.17, 15) is 9.90 Å². The summed E-state index contributed by atoms with van der Waals surface area (Å²) in [5.74, 6) is -0.846. The van der Waals surface area contributed by atoms with Gasteiger partial charge in [0.05, 0.1) is 0 Å². The van der Waals surface area contributed by atoms with E-state index in [-0.39, 0.29) is 0 Å². The second-order valence-corrected chi connectivity index (χ2v) is 5.61. The van der Waals surface area contributed by atoms with Gasteiger partial charge in [0.25, 0.3) is 0 Å². The number of nitrogens with zero attached hydrogens (tertiary/aromatic N) is 1. The summed E-state index contributed by atoms with van der Waals surface area (Å²) in [5.41, 5.74) is -0.0178. The van der Waals surface area contributed by atoms with E-state index in [4.69, 9.17) is 11.6 Å². The zero-order chi connectivity index (χ0) is 14.5. The highest BCUT2D eigenvalue weighted by Gasteiger charge is 2.32. The summed E-state index contributed by atoms with van der Waals surface area (Å²) < 4.78 is 0. The summed E-state index contributed by atoms with van der Waals surface area (Å²) in [6.07, 6.45) is 0.424. The highest BCUT2D eigenvalue weighted by molar-refractivity contribution is 6.30. The number of nitrogens with one attached hydrogen (secondary N) is 1. The summed E-state index contributed by atoms with van der Waals surface area (Å²) in [6, 6.07) is 7.27. The summed E-state index contributed by atoms with van der Waals surface area (Å²) in [4.78, 5) is 13.5. The van der Waals surface area contributed by atoms with Gasteiger partial charge in [0.1, 0.15) is 5.54 Å². The Balaban J connectivity index is 2.70. The van der Waals surface area contributed by atoms with Crippen molar-refractivity contribution in [2.45, 2.75) is 18.9 Å². The van der Waals surface area contributed by atoms with E-state index in [0.717, 1.165) is 12.1 Å². The zero-order valence-electron chi connectivity index (χ0n) is 11.6. The SMILES string of the molecule is CN(C)CCNC(C)(Cc1ccc(Cl)cc1)C(=O)O. The number of carboxylic acid groups (broad SMARTS) is 1. The fraction of sp³-hybridized carbons (Fsp3) is 0.500. The number of aliphatic carboxylic acids is 1. The van der Waals surface area contributed by atoms with Gasteiger partial charge in [0.15, 0.2) is 0 Å². The van der Waals surface area contributed by atoms with Crippen LogP contribution < -0.4 is 5.32 Å². The van der Waals surface area contributed by atoms with Crippen LogP contribution in [0.3, 0.4) is 0 Å². The summed E-state index contributed by atoms with van der Waals surface area (Å²) >= 11 is 5.83. The van der Waals surface area contributed by atoms with Crippen molar-refractivity contribution in [2.24, 2.45) is 0 Å². The number of hydrogen-bond acceptors (Lipinski definition) is 3. The number of hydrogen-bond donors (Lipinski definition) is 2. The molecule has 1 atom stereocenters. The molecule has 0 heterocycles. The summed E-state index contributed by atoms with van der Waals surface area (Å²) in [6.45, 7) is 3.13. The van der Waals surface area contributed by atoms with Crippen LogP contribution in [0.25, 0.3) is 0 Å². The molecule has 1 unspecified atom stereocenters. The minimum atomic E-state index is -0.968. The number of likely N-dealkylation sites (N-methyl/N-ethyl adjacent to an activating group) is 1. The number of benzene rings is 1. The Kier molecular flexibility index (Phi) is 5.79. The Morgan fingerprint density at radius 1 is 1.37 bits per heavy atom. The van der Waals surface area contributed by atoms with E-state index in [0.29, 0.717) is 18.0 Å². The van der Waals surface area contributed by atoms with Crippen LogP contribution >= 0.6 is 11.6 Å². The van der Waals surface area contributed by atoms with Crippen molar-refractivity contribution in [3.8, 4) is 0 Å². The van der Waals surface area contributed by atoms with Crippen molar-refractivity contribution in [2.75, 3.05) is 27.2 Å². The first kappa shape index (κ1) is 16.0. The molecule has 1 aromatic carbocycles. The number of carboxylic acids is 1. The van der Waals surface area contributed by atoms with Gasteiger partial charge >= 0.3 is 5.97 Å². The van der Waals surface area contributed by atoms with E-state index in [1.54, 1.807) is 19.1 Å². The number of halogens is 1. The third-order valence-electron chi connectivity index (χ3n) is 3.02. The fourth-order valence-corrected chi connectivity index (χ4v) is 1.91. The maximum Gasteiger partial charge on any atom is 0.323 e. The molecule has 0 aliphatic rings. The van der Waals surface area contributed by atoms with E-state index < -0.39 is 11.5 Å². The first-order valence-electron chi connectivity index (χ1n) is 6.21. The number of rotatable bonds is 7. The zero-order valence-corrected chi connectivity index (χ0v) is 12.4. The quantitative estimate of drug-likeness (QED) is 0.803. The lowest BCUT2D eigenvalue weighted by Crippen LogP contribution is -2.52. The van der Waals surface area contributed by atoms with Gasteiger partial charge in [-0.2, -0.15) is 0 Å². The van der Waals surface area contributed by atoms with Gasteiger partial charge in [0.2, 0.25) is 0 Å². The Morgan fingerprint density at radius 2 is 1.95 bits per heavy atom. The van der Waals surface area contributed by atoms with Crippen LogP contribution in [-0.4, -0.2) is 48.7 Å². The molecule has 4 nitrogen and oxygen atoms in total. The van der Waals surface area contributed by atoms with Crippen LogP contribution in [0.4, 0.5) is 0 Å². The fourth-order valence-electron chi connectivity index (χ4n) is 1.78. The molecule has 0 amide bonds. The van der Waals surface area contributed by atoms with Gasteiger partial charge < -0.3 is 15.3 Å². The summed E-state index contributed by atoms with van der Waals surface area (Å²) in [5, 5.41) is 13.2. The molecule has 5 heteroatoms. The van der Waals surface area contributed by atoms with Gasteiger partial charge in [-0.15, -0.1) is 0 Å². The average Bonchev–Trinajstić information content (AvgIpc) is 2.31. The van der Waals surface area contributed by atoms with Crippen LogP contribution in [0.2, 0.25) is 5.02 Å². The highest BCUT2D eigenvalue weighted by Crippen LogP contribution is 2.16. The molecule has 0 aromatic heterocycles. The lowest BCUT2D eigenvalue weighted by atomic mass is 9.93. The van der Waals surface area contributed by atoms with Crippen LogP contribution in [0.15, 0.2) is 24.3 Å². The highest BCUT2D eigenvalue weighted by atomic mass is 35.5. The summed E-state index contributed by atoms with van der Waals surface area (Å²) in [7, 11) is 3.91. The van der Waals surface area contributed by atoms with Gasteiger partial charge in [-0.1, -0.05) is 23.7 Å². The minimum absolute atomic E-state index is 0.424. The molecule has 106 valence electrons. The van der Waals surface area contributed by atoms with Crippen LogP contribution in [-0.2, 0) is 11.2 Å². The van der Waals surface area contributed by atoms with Crippen molar-refractivity contribution < 1.29 is 9.90 Å². The van der Waals surface area contributed by atoms with Crippen LogP contribution in [0, 0.1) is 0 Å². The van der Waals surface area contributed by atoms with Gasteiger partial charge in [-0.25, -0.2) is 0 Å². The van der Waals surface area contributed by atoms with E-state index in [2.05, 4.69) is 5.32 Å². The lowest BCUT2D eigenvalue weighted by Gasteiger charge is -2.27. The molecule has 0 saturated carbocycles. The monoisotopic (exact) mass is 284 g/mol. The predicted octanol–water partition coefficient (Wildman–Crippen LogP) is 1.88. The van der Waals surface area contributed by atoms with Crippen molar-refractivity contribution in [1.29, 1.82) is 0 Å². The molecular weight excluding hydrogens is 264 g/mol. The van der Waals surface area contributed by atoms with Gasteiger partial charge in [0, 0.05) is 24.5 Å². The molecule has 19 heavy (non-hydrogen) atoms.